The predicted octanol–water partition coefficient (Wildman–Crippen LogP) is 4.34. The molecule has 3 rings (SSSR count). The molecule has 1 aliphatic rings. The van der Waals surface area contributed by atoms with Crippen LogP contribution in [0.3, 0.4) is 0 Å². The van der Waals surface area contributed by atoms with Crippen molar-refractivity contribution in [2.24, 2.45) is 5.92 Å². The molecule has 0 bridgehead atoms. The van der Waals surface area contributed by atoms with Crippen molar-refractivity contribution in [2.75, 3.05) is 11.9 Å². The number of urea groups is 1. The Morgan fingerprint density at radius 2 is 1.81 bits per heavy atom. The zero-order valence-corrected chi connectivity index (χ0v) is 14.4. The lowest BCUT2D eigenvalue weighted by Crippen LogP contribution is -2.51. The van der Waals surface area contributed by atoms with E-state index in [0.717, 1.165) is 5.56 Å². The zero-order chi connectivity index (χ0) is 18.9. The van der Waals surface area contributed by atoms with E-state index in [1.807, 2.05) is 30.3 Å². The number of nitrogens with one attached hydrogen (secondary N) is 1. The summed E-state index contributed by atoms with van der Waals surface area (Å²) in [7, 11) is 0. The van der Waals surface area contributed by atoms with Crippen LogP contribution >= 0.6 is 0 Å². The number of aromatic nitrogens is 2. The standard InChI is InChI=1S/C18H19F3N4O/c1-17(2)14(18(19,20)21)8-9-25(17)16(26)24-13-10-22-15(23-11-13)12-6-4-3-5-7-12/h3-7,10-11,14H,8-9H2,1-2H3,(H,24,26). The minimum atomic E-state index is -4.33. The van der Waals surface area contributed by atoms with Crippen molar-refractivity contribution < 1.29 is 18.0 Å². The average molecular weight is 364 g/mol. The molecule has 0 aliphatic carbocycles. The molecule has 0 radical (unpaired) electrons. The molecule has 2 heterocycles. The quantitative estimate of drug-likeness (QED) is 0.862. The molecule has 1 N–H and O–H groups in total. The maximum atomic E-state index is 13.1. The van der Waals surface area contributed by atoms with E-state index in [4.69, 9.17) is 0 Å². The summed E-state index contributed by atoms with van der Waals surface area (Å²) in [5, 5.41) is 2.58. The van der Waals surface area contributed by atoms with Crippen LogP contribution in [0.1, 0.15) is 20.3 Å². The van der Waals surface area contributed by atoms with Crippen molar-refractivity contribution in [3.8, 4) is 11.4 Å². The van der Waals surface area contributed by atoms with Gasteiger partial charge in [0.1, 0.15) is 0 Å². The monoisotopic (exact) mass is 364 g/mol. The summed E-state index contributed by atoms with van der Waals surface area (Å²) in [6.45, 7) is 2.92. The number of anilines is 1. The van der Waals surface area contributed by atoms with Gasteiger partial charge >= 0.3 is 12.2 Å². The van der Waals surface area contributed by atoms with E-state index >= 15 is 0 Å². The first kappa shape index (κ1) is 18.2. The van der Waals surface area contributed by atoms with Crippen LogP contribution in [0, 0.1) is 5.92 Å². The summed E-state index contributed by atoms with van der Waals surface area (Å²) in [5.41, 5.74) is -0.146. The highest BCUT2D eigenvalue weighted by molar-refractivity contribution is 5.89. The molecule has 1 fully saturated rings. The fraction of sp³-hybridized carbons (Fsp3) is 0.389. The van der Waals surface area contributed by atoms with E-state index in [0.29, 0.717) is 11.5 Å². The first-order valence-electron chi connectivity index (χ1n) is 8.22. The van der Waals surface area contributed by atoms with Crippen LogP contribution in [-0.4, -0.2) is 39.2 Å². The molecular formula is C18H19F3N4O. The molecule has 0 saturated carbocycles. The summed E-state index contributed by atoms with van der Waals surface area (Å²) in [6, 6.07) is 8.74. The summed E-state index contributed by atoms with van der Waals surface area (Å²) in [6.07, 6.45) is -1.55. The SMILES string of the molecule is CC1(C)C(C(F)(F)F)CCN1C(=O)Nc1cnc(-c2ccccc2)nc1. The van der Waals surface area contributed by atoms with Crippen LogP contribution < -0.4 is 5.32 Å². The van der Waals surface area contributed by atoms with Gasteiger partial charge in [0.2, 0.25) is 0 Å². The fourth-order valence-corrected chi connectivity index (χ4v) is 3.33. The van der Waals surface area contributed by atoms with Crippen LogP contribution in [0.4, 0.5) is 23.7 Å². The highest BCUT2D eigenvalue weighted by Crippen LogP contribution is 2.44. The van der Waals surface area contributed by atoms with Gasteiger partial charge < -0.3 is 10.2 Å². The largest absolute Gasteiger partial charge is 0.394 e. The molecule has 138 valence electrons. The van der Waals surface area contributed by atoms with Crippen molar-refractivity contribution in [1.29, 1.82) is 0 Å². The Hall–Kier alpha value is -2.64. The zero-order valence-electron chi connectivity index (χ0n) is 14.4. The number of benzene rings is 1. The van der Waals surface area contributed by atoms with Gasteiger partial charge in [-0.2, -0.15) is 13.2 Å². The van der Waals surface area contributed by atoms with Crippen LogP contribution in [-0.2, 0) is 0 Å². The topological polar surface area (TPSA) is 58.1 Å². The molecule has 1 aliphatic heterocycles. The number of hydrogen-bond acceptors (Lipinski definition) is 3. The molecule has 1 saturated heterocycles. The van der Waals surface area contributed by atoms with E-state index < -0.39 is 23.7 Å². The number of halogens is 3. The fourth-order valence-electron chi connectivity index (χ4n) is 3.33. The lowest BCUT2D eigenvalue weighted by molar-refractivity contribution is -0.189. The smallest absolute Gasteiger partial charge is 0.319 e. The van der Waals surface area contributed by atoms with Gasteiger partial charge in [0.15, 0.2) is 5.82 Å². The first-order chi connectivity index (χ1) is 12.2. The van der Waals surface area contributed by atoms with Crippen molar-refractivity contribution in [3.63, 3.8) is 0 Å². The second-order valence-electron chi connectivity index (χ2n) is 6.78. The number of hydrogen-bond donors (Lipinski definition) is 1. The van der Waals surface area contributed by atoms with Crippen LogP contribution in [0.15, 0.2) is 42.7 Å². The highest BCUT2D eigenvalue weighted by Gasteiger charge is 2.56. The number of likely N-dealkylation sites (tertiary alicyclic amines) is 1. The van der Waals surface area contributed by atoms with Crippen LogP contribution in [0.25, 0.3) is 11.4 Å². The molecule has 1 atom stereocenters. The first-order valence-corrected chi connectivity index (χ1v) is 8.22. The molecule has 5 nitrogen and oxygen atoms in total. The van der Waals surface area contributed by atoms with Crippen molar-refractivity contribution in [3.05, 3.63) is 42.7 Å². The summed E-state index contributed by atoms with van der Waals surface area (Å²) in [4.78, 5) is 22.1. The Kier molecular flexibility index (Phi) is 4.60. The number of nitrogens with zero attached hydrogens (tertiary/aromatic N) is 3. The average Bonchev–Trinajstić information content (AvgIpc) is 2.91. The number of alkyl halides is 3. The third-order valence-corrected chi connectivity index (χ3v) is 4.77. The van der Waals surface area contributed by atoms with Crippen molar-refractivity contribution >= 4 is 11.7 Å². The maximum absolute atomic E-state index is 13.1. The van der Waals surface area contributed by atoms with E-state index in [1.165, 1.54) is 31.1 Å². The third kappa shape index (κ3) is 3.49. The lowest BCUT2D eigenvalue weighted by atomic mass is 9.88. The van der Waals surface area contributed by atoms with Crippen LogP contribution in [0.5, 0.6) is 0 Å². The Bertz CT molecular complexity index is 775. The normalized spacial score (nSPS) is 19.4. The van der Waals surface area contributed by atoms with E-state index in [1.54, 1.807) is 0 Å². The van der Waals surface area contributed by atoms with Gasteiger partial charge in [0.05, 0.1) is 29.5 Å². The van der Waals surface area contributed by atoms with E-state index in [9.17, 15) is 18.0 Å². The van der Waals surface area contributed by atoms with Gasteiger partial charge in [-0.1, -0.05) is 30.3 Å². The van der Waals surface area contributed by atoms with Gasteiger partial charge in [0, 0.05) is 12.1 Å². The van der Waals surface area contributed by atoms with Gasteiger partial charge in [0.25, 0.3) is 0 Å². The Labute approximate surface area is 149 Å². The Morgan fingerprint density at radius 3 is 2.35 bits per heavy atom. The second kappa shape index (κ2) is 6.59. The van der Waals surface area contributed by atoms with Crippen molar-refractivity contribution in [1.82, 2.24) is 14.9 Å². The van der Waals surface area contributed by atoms with E-state index in [-0.39, 0.29) is 13.0 Å². The number of rotatable bonds is 2. The minimum absolute atomic E-state index is 0.0476. The minimum Gasteiger partial charge on any atom is -0.319 e. The Balaban J connectivity index is 1.71. The Morgan fingerprint density at radius 1 is 1.19 bits per heavy atom. The number of carbonyl (C=O) groups excluding carboxylic acids is 1. The molecule has 2 aromatic rings. The van der Waals surface area contributed by atoms with Gasteiger partial charge in [-0.25, -0.2) is 14.8 Å². The molecule has 0 spiro atoms. The second-order valence-corrected chi connectivity index (χ2v) is 6.78. The molecular weight excluding hydrogens is 345 g/mol. The number of carbonyl (C=O) groups is 1. The maximum Gasteiger partial charge on any atom is 0.394 e. The summed E-state index contributed by atoms with van der Waals surface area (Å²) >= 11 is 0. The van der Waals surface area contributed by atoms with Crippen LogP contribution in [0.2, 0.25) is 0 Å². The van der Waals surface area contributed by atoms with Gasteiger partial charge in [-0.3, -0.25) is 0 Å². The summed E-state index contributed by atoms with van der Waals surface area (Å²) in [5.74, 6) is -1.04. The number of amides is 2. The summed E-state index contributed by atoms with van der Waals surface area (Å²) < 4.78 is 39.4. The molecule has 8 heteroatoms. The molecule has 1 aromatic carbocycles. The predicted molar refractivity (Wildman–Crippen MR) is 91.4 cm³/mol. The molecule has 1 aromatic heterocycles. The lowest BCUT2D eigenvalue weighted by Gasteiger charge is -2.36. The highest BCUT2D eigenvalue weighted by atomic mass is 19.4. The molecule has 2 amide bonds. The van der Waals surface area contributed by atoms with E-state index in [2.05, 4.69) is 15.3 Å². The molecule has 26 heavy (non-hydrogen) atoms. The van der Waals surface area contributed by atoms with Crippen molar-refractivity contribution in [2.45, 2.75) is 32.0 Å². The van der Waals surface area contributed by atoms with Gasteiger partial charge in [-0.15, -0.1) is 0 Å². The third-order valence-electron chi connectivity index (χ3n) is 4.77. The van der Waals surface area contributed by atoms with Gasteiger partial charge in [-0.05, 0) is 20.3 Å². The molecule has 1 unspecified atom stereocenters.